The Labute approximate surface area is 93.5 Å². The number of nitrogens with zero attached hydrogens (tertiary/aromatic N) is 1. The second kappa shape index (κ2) is 3.30. The summed E-state index contributed by atoms with van der Waals surface area (Å²) in [5.74, 6) is 1.02. The summed E-state index contributed by atoms with van der Waals surface area (Å²) in [7, 11) is 0. The van der Waals surface area contributed by atoms with Crippen LogP contribution in [0.25, 0.3) is 10.8 Å². The second-order valence-electron chi connectivity index (χ2n) is 4.26. The first-order valence-electron chi connectivity index (χ1n) is 5.43. The van der Waals surface area contributed by atoms with E-state index < -0.39 is 0 Å². The van der Waals surface area contributed by atoms with Crippen molar-refractivity contribution in [1.82, 2.24) is 4.98 Å². The first kappa shape index (κ1) is 9.33. The third kappa shape index (κ3) is 1.28. The molecule has 3 nitrogen and oxygen atoms in total. The van der Waals surface area contributed by atoms with Gasteiger partial charge in [0.15, 0.2) is 0 Å². The third-order valence-electron chi connectivity index (χ3n) is 3.08. The minimum atomic E-state index is 0.0581. The highest BCUT2D eigenvalue weighted by molar-refractivity contribution is 5.99. The molecule has 1 unspecified atom stereocenters. The molecule has 0 bridgehead atoms. The fourth-order valence-electron chi connectivity index (χ4n) is 2.35. The number of rotatable bonds is 0. The van der Waals surface area contributed by atoms with E-state index in [0.717, 1.165) is 16.8 Å². The van der Waals surface area contributed by atoms with Gasteiger partial charge in [0, 0.05) is 23.6 Å². The van der Waals surface area contributed by atoms with Crippen molar-refractivity contribution in [2.45, 2.75) is 19.3 Å². The lowest BCUT2D eigenvalue weighted by molar-refractivity contribution is -0.116. The van der Waals surface area contributed by atoms with E-state index >= 15 is 0 Å². The highest BCUT2D eigenvalue weighted by atomic mass is 16.1. The van der Waals surface area contributed by atoms with Gasteiger partial charge < -0.3 is 5.32 Å². The van der Waals surface area contributed by atoms with Gasteiger partial charge in [0.05, 0.1) is 0 Å². The molecule has 0 radical (unpaired) electrons. The Balaban J connectivity index is 2.33. The number of fused-ring (bicyclic) bond motifs is 3. The number of benzene rings is 1. The Morgan fingerprint density at radius 3 is 3.06 bits per heavy atom. The molecule has 16 heavy (non-hydrogen) atoms. The molecule has 1 atom stereocenters. The number of hydrogen-bond acceptors (Lipinski definition) is 2. The van der Waals surface area contributed by atoms with Gasteiger partial charge in [0.1, 0.15) is 5.82 Å². The zero-order chi connectivity index (χ0) is 11.1. The second-order valence-corrected chi connectivity index (χ2v) is 4.26. The maximum Gasteiger partial charge on any atom is 0.226 e. The summed E-state index contributed by atoms with van der Waals surface area (Å²) in [6, 6.07) is 8.16. The number of nitrogens with one attached hydrogen (secondary N) is 1. The maximum absolute atomic E-state index is 11.4. The lowest BCUT2D eigenvalue weighted by atomic mass is 9.91. The Kier molecular flexibility index (Phi) is 1.93. The normalized spacial score (nSPS) is 19.3. The number of carbonyl (C=O) groups excluding carboxylic acids is 1. The minimum absolute atomic E-state index is 0.0581. The van der Waals surface area contributed by atoms with Crippen LogP contribution in [0.15, 0.2) is 30.5 Å². The van der Waals surface area contributed by atoms with Crippen LogP contribution in [-0.4, -0.2) is 10.9 Å². The smallest absolute Gasteiger partial charge is 0.226 e. The van der Waals surface area contributed by atoms with Gasteiger partial charge in [-0.05, 0) is 11.3 Å². The van der Waals surface area contributed by atoms with E-state index in [2.05, 4.69) is 23.3 Å². The number of anilines is 1. The fourth-order valence-corrected chi connectivity index (χ4v) is 2.35. The van der Waals surface area contributed by atoms with Crippen LogP contribution in [0.2, 0.25) is 0 Å². The molecule has 3 rings (SSSR count). The van der Waals surface area contributed by atoms with Gasteiger partial charge in [0.2, 0.25) is 5.91 Å². The molecule has 2 aromatic rings. The van der Waals surface area contributed by atoms with Crippen LogP contribution in [0.4, 0.5) is 5.82 Å². The summed E-state index contributed by atoms with van der Waals surface area (Å²) in [5.41, 5.74) is 1.16. The van der Waals surface area contributed by atoms with E-state index in [-0.39, 0.29) is 11.8 Å². The van der Waals surface area contributed by atoms with Gasteiger partial charge in [-0.2, -0.15) is 0 Å². The van der Waals surface area contributed by atoms with Crippen LogP contribution in [0, 0.1) is 0 Å². The highest BCUT2D eigenvalue weighted by Crippen LogP contribution is 2.35. The molecule has 80 valence electrons. The van der Waals surface area contributed by atoms with Gasteiger partial charge in [-0.3, -0.25) is 4.79 Å². The van der Waals surface area contributed by atoms with Crippen molar-refractivity contribution < 1.29 is 4.79 Å². The Morgan fingerprint density at radius 1 is 1.38 bits per heavy atom. The molecule has 1 aromatic heterocycles. The van der Waals surface area contributed by atoms with Crippen molar-refractivity contribution >= 4 is 22.5 Å². The first-order valence-corrected chi connectivity index (χ1v) is 5.43. The molecule has 0 saturated carbocycles. The lowest BCUT2D eigenvalue weighted by Gasteiger charge is -2.23. The molecule has 0 saturated heterocycles. The largest absolute Gasteiger partial charge is 0.310 e. The van der Waals surface area contributed by atoms with E-state index in [0.29, 0.717) is 6.42 Å². The predicted molar refractivity (Wildman–Crippen MR) is 63.4 cm³/mol. The maximum atomic E-state index is 11.4. The first-order chi connectivity index (χ1) is 7.75. The van der Waals surface area contributed by atoms with Crippen molar-refractivity contribution in [3.05, 3.63) is 36.0 Å². The molecular formula is C13H12N2O. The summed E-state index contributed by atoms with van der Waals surface area (Å²) in [5, 5.41) is 5.16. The van der Waals surface area contributed by atoms with Crippen LogP contribution < -0.4 is 5.32 Å². The van der Waals surface area contributed by atoms with Crippen LogP contribution >= 0.6 is 0 Å². The fraction of sp³-hybridized carbons (Fsp3) is 0.231. The standard InChI is InChI=1S/C13H12N2O/c1-8-6-11(16)15-13-12(8)10-5-3-2-4-9(10)7-14-13/h2-5,7-8H,6H2,1H3,(H,14,15,16). The topological polar surface area (TPSA) is 42.0 Å². The number of pyridine rings is 1. The predicted octanol–water partition coefficient (Wildman–Crippen LogP) is 2.68. The quantitative estimate of drug-likeness (QED) is 0.729. The molecule has 1 aromatic carbocycles. The monoisotopic (exact) mass is 212 g/mol. The van der Waals surface area contributed by atoms with Crippen molar-refractivity contribution in [3.63, 3.8) is 0 Å². The lowest BCUT2D eigenvalue weighted by Crippen LogP contribution is -2.22. The SMILES string of the molecule is CC1CC(=O)Nc2ncc3ccccc3c21. The molecule has 1 N–H and O–H groups in total. The summed E-state index contributed by atoms with van der Waals surface area (Å²) >= 11 is 0. The summed E-state index contributed by atoms with van der Waals surface area (Å²) in [6.45, 7) is 2.08. The average molecular weight is 212 g/mol. The Bertz CT molecular complexity index is 577. The van der Waals surface area contributed by atoms with E-state index in [4.69, 9.17) is 0 Å². The highest BCUT2D eigenvalue weighted by Gasteiger charge is 2.24. The third-order valence-corrected chi connectivity index (χ3v) is 3.08. The van der Waals surface area contributed by atoms with Gasteiger partial charge in [0.25, 0.3) is 0 Å². The number of hydrogen-bond donors (Lipinski definition) is 1. The van der Waals surface area contributed by atoms with Gasteiger partial charge in [-0.25, -0.2) is 4.98 Å². The summed E-state index contributed by atoms with van der Waals surface area (Å²) in [6.07, 6.45) is 2.36. The molecule has 1 aliphatic rings. The molecule has 1 aliphatic heterocycles. The number of amides is 1. The van der Waals surface area contributed by atoms with Crippen molar-refractivity contribution in [2.75, 3.05) is 5.32 Å². The van der Waals surface area contributed by atoms with Gasteiger partial charge in [-0.1, -0.05) is 31.2 Å². The van der Waals surface area contributed by atoms with Gasteiger partial charge >= 0.3 is 0 Å². The molecule has 0 aliphatic carbocycles. The van der Waals surface area contributed by atoms with Gasteiger partial charge in [-0.15, -0.1) is 0 Å². The van der Waals surface area contributed by atoms with Crippen molar-refractivity contribution in [2.24, 2.45) is 0 Å². The number of carbonyl (C=O) groups is 1. The molecule has 1 amide bonds. The summed E-state index contributed by atoms with van der Waals surface area (Å²) < 4.78 is 0. The number of aromatic nitrogens is 1. The van der Waals surface area contributed by atoms with Crippen LogP contribution in [-0.2, 0) is 4.79 Å². The van der Waals surface area contributed by atoms with Crippen molar-refractivity contribution in [3.8, 4) is 0 Å². The average Bonchev–Trinajstić information content (AvgIpc) is 2.28. The molecule has 0 spiro atoms. The van der Waals surface area contributed by atoms with Crippen molar-refractivity contribution in [1.29, 1.82) is 0 Å². The van der Waals surface area contributed by atoms with Crippen LogP contribution in [0.1, 0.15) is 24.8 Å². The van der Waals surface area contributed by atoms with Crippen LogP contribution in [0.5, 0.6) is 0 Å². The van der Waals surface area contributed by atoms with E-state index in [1.54, 1.807) is 0 Å². The van der Waals surface area contributed by atoms with Crippen LogP contribution in [0.3, 0.4) is 0 Å². The molecule has 0 fully saturated rings. The zero-order valence-corrected chi connectivity index (χ0v) is 9.03. The molecular weight excluding hydrogens is 200 g/mol. The van der Waals surface area contributed by atoms with E-state index in [1.165, 1.54) is 5.39 Å². The molecule has 3 heteroatoms. The van der Waals surface area contributed by atoms with E-state index in [9.17, 15) is 4.79 Å². The van der Waals surface area contributed by atoms with E-state index in [1.807, 2.05) is 24.4 Å². The molecule has 2 heterocycles. The Morgan fingerprint density at radius 2 is 2.19 bits per heavy atom. The zero-order valence-electron chi connectivity index (χ0n) is 9.03. The Hall–Kier alpha value is -1.90. The summed E-state index contributed by atoms with van der Waals surface area (Å²) in [4.78, 5) is 15.7. The minimum Gasteiger partial charge on any atom is -0.310 e.